The van der Waals surface area contributed by atoms with Gasteiger partial charge >= 0.3 is 0 Å². The van der Waals surface area contributed by atoms with Gasteiger partial charge in [-0.3, -0.25) is 0 Å². The van der Waals surface area contributed by atoms with Gasteiger partial charge in [-0.1, -0.05) is 24.3 Å². The van der Waals surface area contributed by atoms with E-state index in [-0.39, 0.29) is 0 Å². The Hall–Kier alpha value is -2.20. The maximum absolute atomic E-state index is 5.97. The molecule has 0 aliphatic rings. The number of nitrogens with one attached hydrogen (secondary N) is 2. The van der Waals surface area contributed by atoms with Crippen LogP contribution in [0.1, 0.15) is 6.92 Å². The van der Waals surface area contributed by atoms with Crippen LogP contribution < -0.4 is 20.9 Å². The van der Waals surface area contributed by atoms with E-state index in [2.05, 4.69) is 12.3 Å². The first-order chi connectivity index (χ1) is 9.26. The Kier molecular flexibility index (Phi) is 4.26. The van der Waals surface area contributed by atoms with Crippen LogP contribution in [0, 0.1) is 0 Å². The first-order valence-corrected chi connectivity index (χ1v) is 6.37. The third kappa shape index (κ3) is 2.98. The van der Waals surface area contributed by atoms with Crippen molar-refractivity contribution in [1.29, 1.82) is 0 Å². The van der Waals surface area contributed by atoms with Gasteiger partial charge in [-0.15, -0.1) is 0 Å². The van der Waals surface area contributed by atoms with Crippen LogP contribution >= 0.6 is 0 Å². The first kappa shape index (κ1) is 13.2. The molecule has 19 heavy (non-hydrogen) atoms. The van der Waals surface area contributed by atoms with Crippen molar-refractivity contribution in [2.75, 3.05) is 24.8 Å². The van der Waals surface area contributed by atoms with Crippen molar-refractivity contribution >= 4 is 17.1 Å². The SMILES string of the molecule is CC[NH+](Nc1ccccc1N)c1ccccc1OC. The number of anilines is 2. The lowest BCUT2D eigenvalue weighted by molar-refractivity contribution is -0.806. The van der Waals surface area contributed by atoms with Gasteiger partial charge < -0.3 is 10.5 Å². The summed E-state index contributed by atoms with van der Waals surface area (Å²) in [5.74, 6) is 0.862. The summed E-state index contributed by atoms with van der Waals surface area (Å²) in [7, 11) is 1.68. The van der Waals surface area contributed by atoms with Gasteiger partial charge in [0.15, 0.2) is 11.4 Å². The highest BCUT2D eigenvalue weighted by Crippen LogP contribution is 2.20. The molecule has 0 radical (unpaired) electrons. The van der Waals surface area contributed by atoms with E-state index in [0.29, 0.717) is 0 Å². The zero-order chi connectivity index (χ0) is 13.7. The van der Waals surface area contributed by atoms with Crippen molar-refractivity contribution < 1.29 is 9.75 Å². The fourth-order valence-electron chi connectivity index (χ4n) is 2.01. The molecule has 0 fully saturated rings. The number of hydrogen-bond donors (Lipinski definition) is 3. The maximum Gasteiger partial charge on any atom is 0.197 e. The van der Waals surface area contributed by atoms with Crippen LogP contribution in [0.15, 0.2) is 48.5 Å². The summed E-state index contributed by atoms with van der Waals surface area (Å²) < 4.78 is 5.40. The van der Waals surface area contributed by atoms with E-state index in [1.807, 2.05) is 48.5 Å². The third-order valence-corrected chi connectivity index (χ3v) is 3.03. The molecule has 0 aliphatic heterocycles. The van der Waals surface area contributed by atoms with Crippen LogP contribution in [0.3, 0.4) is 0 Å². The topological polar surface area (TPSA) is 51.7 Å². The highest BCUT2D eigenvalue weighted by atomic mass is 16.5. The Balaban J connectivity index is 2.28. The second-order valence-electron chi connectivity index (χ2n) is 4.24. The molecule has 0 aromatic heterocycles. The lowest BCUT2D eigenvalue weighted by atomic mass is 10.2. The molecular formula is C15H20N3O+. The molecule has 2 rings (SSSR count). The number of hydrogen-bond acceptors (Lipinski definition) is 3. The summed E-state index contributed by atoms with van der Waals surface area (Å²) in [5, 5.41) is 1.09. The number of ether oxygens (including phenoxy) is 1. The fourth-order valence-corrected chi connectivity index (χ4v) is 2.01. The molecule has 100 valence electrons. The fraction of sp³-hybridized carbons (Fsp3) is 0.200. The van der Waals surface area contributed by atoms with E-state index in [4.69, 9.17) is 10.5 Å². The molecule has 4 nitrogen and oxygen atoms in total. The van der Waals surface area contributed by atoms with Crippen LogP contribution in [0.5, 0.6) is 5.75 Å². The Labute approximate surface area is 113 Å². The number of benzene rings is 2. The number of quaternary nitrogens is 1. The molecular weight excluding hydrogens is 238 g/mol. The van der Waals surface area contributed by atoms with Gasteiger partial charge in [-0.05, 0) is 25.1 Å². The van der Waals surface area contributed by atoms with E-state index in [1.165, 1.54) is 0 Å². The summed E-state index contributed by atoms with van der Waals surface area (Å²) in [6.45, 7) is 2.97. The molecule has 0 spiro atoms. The molecule has 4 heteroatoms. The molecule has 0 aliphatic carbocycles. The summed E-state index contributed by atoms with van der Waals surface area (Å²) in [4.78, 5) is 0. The number of methoxy groups -OCH3 is 1. The summed E-state index contributed by atoms with van der Waals surface area (Å²) in [6.07, 6.45) is 0. The predicted molar refractivity (Wildman–Crippen MR) is 78.6 cm³/mol. The monoisotopic (exact) mass is 258 g/mol. The number of rotatable bonds is 5. The van der Waals surface area contributed by atoms with Crippen molar-refractivity contribution in [2.45, 2.75) is 6.92 Å². The molecule has 0 amide bonds. The van der Waals surface area contributed by atoms with Gasteiger partial charge in [0.2, 0.25) is 0 Å². The average Bonchev–Trinajstić information content (AvgIpc) is 2.46. The van der Waals surface area contributed by atoms with Crippen molar-refractivity contribution in [3.8, 4) is 5.75 Å². The Morgan fingerprint density at radius 3 is 2.47 bits per heavy atom. The van der Waals surface area contributed by atoms with Crippen LogP contribution in [0.25, 0.3) is 0 Å². The zero-order valence-electron chi connectivity index (χ0n) is 11.3. The van der Waals surface area contributed by atoms with Gasteiger partial charge in [-0.2, -0.15) is 5.01 Å². The number of para-hydroxylation sites is 4. The molecule has 1 atom stereocenters. The third-order valence-electron chi connectivity index (χ3n) is 3.03. The van der Waals surface area contributed by atoms with Crippen LogP contribution in [-0.2, 0) is 0 Å². The predicted octanol–water partition coefficient (Wildman–Crippen LogP) is 1.84. The van der Waals surface area contributed by atoms with Crippen LogP contribution in [-0.4, -0.2) is 13.7 Å². The standard InChI is InChI=1S/C15H19N3O/c1-3-18(14-10-6-7-11-15(14)19-2)17-13-9-5-4-8-12(13)16/h4-11,17H,3,16H2,1-2H3/p+1. The van der Waals surface area contributed by atoms with E-state index in [0.717, 1.165) is 34.4 Å². The van der Waals surface area contributed by atoms with E-state index < -0.39 is 0 Å². The van der Waals surface area contributed by atoms with Gasteiger partial charge in [0.1, 0.15) is 12.2 Å². The average molecular weight is 258 g/mol. The lowest BCUT2D eigenvalue weighted by Crippen LogP contribution is -3.10. The van der Waals surface area contributed by atoms with Crippen molar-refractivity contribution in [3.05, 3.63) is 48.5 Å². The molecule has 1 unspecified atom stereocenters. The normalized spacial score (nSPS) is 11.9. The van der Waals surface area contributed by atoms with Crippen molar-refractivity contribution in [1.82, 2.24) is 0 Å². The van der Waals surface area contributed by atoms with Crippen molar-refractivity contribution in [3.63, 3.8) is 0 Å². The minimum atomic E-state index is 0.739. The minimum Gasteiger partial charge on any atom is -0.491 e. The van der Waals surface area contributed by atoms with E-state index in [9.17, 15) is 0 Å². The first-order valence-electron chi connectivity index (χ1n) is 6.37. The van der Waals surface area contributed by atoms with Gasteiger partial charge in [0.25, 0.3) is 0 Å². The molecule has 0 bridgehead atoms. The summed E-state index contributed by atoms with van der Waals surface area (Å²) >= 11 is 0. The molecule has 0 saturated carbocycles. The Bertz CT molecular complexity index is 542. The van der Waals surface area contributed by atoms with Gasteiger partial charge in [0.05, 0.1) is 12.8 Å². The Morgan fingerprint density at radius 2 is 1.79 bits per heavy atom. The van der Waals surface area contributed by atoms with Crippen LogP contribution in [0.4, 0.5) is 17.1 Å². The summed E-state index contributed by atoms with van der Waals surface area (Å²) in [6, 6.07) is 15.7. The number of nitrogens with two attached hydrogens (primary N) is 1. The maximum atomic E-state index is 5.97. The number of nitrogen functional groups attached to an aromatic ring is 1. The molecule has 0 saturated heterocycles. The van der Waals surface area contributed by atoms with Gasteiger partial charge in [0, 0.05) is 6.07 Å². The molecule has 2 aromatic rings. The van der Waals surface area contributed by atoms with Crippen molar-refractivity contribution in [2.24, 2.45) is 0 Å². The largest absolute Gasteiger partial charge is 0.491 e. The zero-order valence-corrected chi connectivity index (χ0v) is 11.3. The quantitative estimate of drug-likeness (QED) is 0.566. The lowest BCUT2D eigenvalue weighted by Gasteiger charge is -2.21. The molecule has 4 N–H and O–H groups in total. The van der Waals surface area contributed by atoms with Gasteiger partial charge in [-0.25, -0.2) is 5.43 Å². The second kappa shape index (κ2) is 6.11. The smallest absolute Gasteiger partial charge is 0.197 e. The van der Waals surface area contributed by atoms with E-state index in [1.54, 1.807) is 7.11 Å². The second-order valence-corrected chi connectivity index (χ2v) is 4.24. The molecule has 0 heterocycles. The highest BCUT2D eigenvalue weighted by molar-refractivity contribution is 5.64. The summed E-state index contributed by atoms with van der Waals surface area (Å²) in [5.41, 5.74) is 12.1. The van der Waals surface area contributed by atoms with E-state index >= 15 is 0 Å². The van der Waals surface area contributed by atoms with Crippen LogP contribution in [0.2, 0.25) is 0 Å². The minimum absolute atomic E-state index is 0.739. The highest BCUT2D eigenvalue weighted by Gasteiger charge is 2.16. The molecule has 2 aromatic carbocycles. The Morgan fingerprint density at radius 1 is 1.11 bits per heavy atom.